The molecule has 2 fully saturated rings. The van der Waals surface area contributed by atoms with Gasteiger partial charge in [0.25, 0.3) is 0 Å². The maximum Gasteiger partial charge on any atom is 0.217 e. The second kappa shape index (κ2) is 11.4. The molecular weight excluding hydrogens is 479 g/mol. The molecule has 36 heavy (non-hydrogen) atoms. The molecule has 2 aliphatic heterocycles. The van der Waals surface area contributed by atoms with Gasteiger partial charge in [-0.2, -0.15) is 4.31 Å². The molecule has 0 spiro atoms. The number of nitrogens with zero attached hydrogens (tertiary/aromatic N) is 2. The first-order chi connectivity index (χ1) is 17.2. The minimum atomic E-state index is -3.42. The fourth-order valence-electron chi connectivity index (χ4n) is 5.21. The van der Waals surface area contributed by atoms with E-state index in [4.69, 9.17) is 10.1 Å². The third kappa shape index (κ3) is 5.96. The molecule has 0 bridgehead atoms. The normalized spacial score (nSPS) is 20.5. The molecule has 9 heteroatoms. The molecular formula is C27H37FN4O3S. The Morgan fingerprint density at radius 2 is 1.86 bits per heavy atom. The van der Waals surface area contributed by atoms with Crippen LogP contribution in [0.4, 0.5) is 15.8 Å². The largest absolute Gasteiger partial charge is 0.381 e. The van der Waals surface area contributed by atoms with Gasteiger partial charge in [0, 0.05) is 68.6 Å². The zero-order valence-electron chi connectivity index (χ0n) is 21.3. The Morgan fingerprint density at radius 3 is 2.50 bits per heavy atom. The molecule has 2 aromatic carbocycles. The van der Waals surface area contributed by atoms with Crippen LogP contribution >= 0.6 is 0 Å². The van der Waals surface area contributed by atoms with E-state index in [0.29, 0.717) is 57.2 Å². The zero-order valence-corrected chi connectivity index (χ0v) is 22.2. The van der Waals surface area contributed by atoms with Gasteiger partial charge in [0.05, 0.1) is 5.25 Å². The number of sulfonamides is 1. The van der Waals surface area contributed by atoms with Crippen molar-refractivity contribution in [2.24, 2.45) is 5.92 Å². The Morgan fingerprint density at radius 1 is 1.17 bits per heavy atom. The van der Waals surface area contributed by atoms with Crippen molar-refractivity contribution in [1.29, 1.82) is 5.41 Å². The van der Waals surface area contributed by atoms with E-state index in [1.807, 2.05) is 19.1 Å². The SMILES string of the molecule is Cc1cc(Nc2ccc(F)cc2)c(C=N)cc1C1CN(S(=O)(=O)C2CCOCC2)CCN1CC(C)C. The Hall–Kier alpha value is -2.33. The van der Waals surface area contributed by atoms with E-state index >= 15 is 0 Å². The molecule has 1 atom stereocenters. The Bertz CT molecular complexity index is 1160. The van der Waals surface area contributed by atoms with Crippen molar-refractivity contribution in [2.45, 2.75) is 44.9 Å². The van der Waals surface area contributed by atoms with Gasteiger partial charge >= 0.3 is 0 Å². The molecule has 0 aliphatic carbocycles. The van der Waals surface area contributed by atoms with Crippen LogP contribution in [0.1, 0.15) is 49.4 Å². The van der Waals surface area contributed by atoms with Gasteiger partial charge in [-0.1, -0.05) is 13.8 Å². The van der Waals surface area contributed by atoms with Crippen LogP contribution in [0.5, 0.6) is 0 Å². The predicted octanol–water partition coefficient (Wildman–Crippen LogP) is 4.70. The summed E-state index contributed by atoms with van der Waals surface area (Å²) in [7, 11) is -3.42. The number of hydrogen-bond acceptors (Lipinski definition) is 6. The number of piperazine rings is 1. The Kier molecular flexibility index (Phi) is 8.44. The van der Waals surface area contributed by atoms with Gasteiger partial charge in [0.2, 0.25) is 10.0 Å². The van der Waals surface area contributed by atoms with Gasteiger partial charge in [0.1, 0.15) is 5.82 Å². The first-order valence-corrected chi connectivity index (χ1v) is 14.2. The number of hydrogen-bond donors (Lipinski definition) is 2. The highest BCUT2D eigenvalue weighted by atomic mass is 32.2. The molecule has 2 heterocycles. The zero-order chi connectivity index (χ0) is 25.9. The number of ether oxygens (including phenoxy) is 1. The number of benzene rings is 2. The quantitative estimate of drug-likeness (QED) is 0.497. The second-order valence-electron chi connectivity index (χ2n) is 10.2. The lowest BCUT2D eigenvalue weighted by atomic mass is 9.94. The minimum absolute atomic E-state index is 0.102. The molecule has 2 aromatic rings. The van der Waals surface area contributed by atoms with Gasteiger partial charge in [-0.05, 0) is 73.2 Å². The average Bonchev–Trinajstić information content (AvgIpc) is 2.86. The molecule has 1 unspecified atom stereocenters. The fraction of sp³-hybridized carbons (Fsp3) is 0.519. The van der Waals surface area contributed by atoms with Crippen molar-refractivity contribution in [2.75, 3.05) is 44.7 Å². The molecule has 2 aliphatic rings. The summed E-state index contributed by atoms with van der Waals surface area (Å²) in [4.78, 5) is 2.38. The maximum atomic E-state index is 13.5. The lowest BCUT2D eigenvalue weighted by molar-refractivity contribution is 0.0897. The highest BCUT2D eigenvalue weighted by Crippen LogP contribution is 2.34. The monoisotopic (exact) mass is 516 g/mol. The number of aryl methyl sites for hydroxylation is 1. The summed E-state index contributed by atoms with van der Waals surface area (Å²) in [5, 5.41) is 11.0. The summed E-state index contributed by atoms with van der Waals surface area (Å²) >= 11 is 0. The maximum absolute atomic E-state index is 13.5. The van der Waals surface area contributed by atoms with Crippen molar-refractivity contribution in [3.05, 3.63) is 58.9 Å². The highest BCUT2D eigenvalue weighted by Gasteiger charge is 2.39. The smallest absolute Gasteiger partial charge is 0.217 e. The molecule has 2 saturated heterocycles. The molecule has 0 aromatic heterocycles. The molecule has 4 rings (SSSR count). The van der Waals surface area contributed by atoms with Crippen molar-refractivity contribution < 1.29 is 17.5 Å². The summed E-state index contributed by atoms with van der Waals surface area (Å²) in [6.45, 7) is 9.78. The molecule has 196 valence electrons. The Balaban J connectivity index is 1.65. The fourth-order valence-corrected chi connectivity index (χ4v) is 7.11. The molecule has 7 nitrogen and oxygen atoms in total. The van der Waals surface area contributed by atoms with E-state index in [9.17, 15) is 12.8 Å². The van der Waals surface area contributed by atoms with E-state index in [1.165, 1.54) is 18.3 Å². The summed E-state index contributed by atoms with van der Waals surface area (Å²) in [5.74, 6) is 0.134. The van der Waals surface area contributed by atoms with Crippen molar-refractivity contribution in [3.8, 4) is 0 Å². The standard InChI is InChI=1S/C27H37FN4O3S/c1-19(2)17-31-10-11-32(36(33,34)24-8-12-35-13-9-24)18-27(31)25-15-21(16-29)26(14-20(25)3)30-23-6-4-22(28)5-7-23/h4-7,14-16,19,24,27,29-30H,8-13,17-18H2,1-3H3. The number of rotatable bonds is 8. The van der Waals surface area contributed by atoms with E-state index in [1.54, 1.807) is 16.4 Å². The van der Waals surface area contributed by atoms with E-state index in [0.717, 1.165) is 29.0 Å². The van der Waals surface area contributed by atoms with Crippen LogP contribution in [0.3, 0.4) is 0 Å². The van der Waals surface area contributed by atoms with E-state index < -0.39 is 10.0 Å². The molecule has 0 amide bonds. The first-order valence-electron chi connectivity index (χ1n) is 12.7. The predicted molar refractivity (Wildman–Crippen MR) is 142 cm³/mol. The van der Waals surface area contributed by atoms with Crippen LogP contribution in [-0.2, 0) is 14.8 Å². The highest BCUT2D eigenvalue weighted by molar-refractivity contribution is 7.89. The third-order valence-corrected chi connectivity index (χ3v) is 9.44. The second-order valence-corrected chi connectivity index (χ2v) is 12.4. The molecule has 0 radical (unpaired) electrons. The van der Waals surface area contributed by atoms with Gasteiger partial charge in [-0.15, -0.1) is 0 Å². The van der Waals surface area contributed by atoms with E-state index in [2.05, 4.69) is 24.1 Å². The summed E-state index contributed by atoms with van der Waals surface area (Å²) in [6, 6.07) is 10.0. The van der Waals surface area contributed by atoms with Gasteiger partial charge in [0.15, 0.2) is 0 Å². The molecule has 2 N–H and O–H groups in total. The third-order valence-electron chi connectivity index (χ3n) is 7.08. The van der Waals surface area contributed by atoms with Crippen LogP contribution < -0.4 is 5.32 Å². The van der Waals surface area contributed by atoms with Crippen molar-refractivity contribution in [3.63, 3.8) is 0 Å². The van der Waals surface area contributed by atoms with Crippen LogP contribution in [0.15, 0.2) is 36.4 Å². The number of anilines is 2. The lowest BCUT2D eigenvalue weighted by Crippen LogP contribution is -2.53. The average molecular weight is 517 g/mol. The van der Waals surface area contributed by atoms with Crippen molar-refractivity contribution in [1.82, 2.24) is 9.21 Å². The first kappa shape index (κ1) is 26.7. The van der Waals surface area contributed by atoms with Gasteiger partial charge in [-0.3, -0.25) is 4.90 Å². The van der Waals surface area contributed by atoms with Gasteiger partial charge in [-0.25, -0.2) is 12.8 Å². The Labute approximate surface area is 214 Å². The van der Waals surface area contributed by atoms with Crippen molar-refractivity contribution >= 4 is 27.6 Å². The van der Waals surface area contributed by atoms with E-state index in [-0.39, 0.29) is 17.1 Å². The van der Waals surface area contributed by atoms with Crippen LogP contribution in [-0.4, -0.2) is 68.5 Å². The number of nitrogens with one attached hydrogen (secondary N) is 2. The van der Waals surface area contributed by atoms with Crippen LogP contribution in [0.2, 0.25) is 0 Å². The molecule has 0 saturated carbocycles. The topological polar surface area (TPSA) is 85.7 Å². The van der Waals surface area contributed by atoms with Gasteiger partial charge < -0.3 is 15.5 Å². The number of halogens is 1. The van der Waals surface area contributed by atoms with Crippen LogP contribution in [0, 0.1) is 24.1 Å². The minimum Gasteiger partial charge on any atom is -0.381 e. The summed E-state index contributed by atoms with van der Waals surface area (Å²) in [6.07, 6.45) is 2.39. The lowest BCUT2D eigenvalue weighted by Gasteiger charge is -2.43. The van der Waals surface area contributed by atoms with Crippen LogP contribution in [0.25, 0.3) is 0 Å². The summed E-state index contributed by atoms with van der Waals surface area (Å²) in [5.41, 5.74) is 4.25. The summed E-state index contributed by atoms with van der Waals surface area (Å²) < 4.78 is 47.4.